The van der Waals surface area contributed by atoms with Crippen molar-refractivity contribution in [1.29, 1.82) is 0 Å². The lowest BCUT2D eigenvalue weighted by molar-refractivity contribution is -0.116. The van der Waals surface area contributed by atoms with Crippen molar-refractivity contribution < 1.29 is 4.79 Å². The third kappa shape index (κ3) is 4.66. The summed E-state index contributed by atoms with van der Waals surface area (Å²) in [5.74, 6) is 0.864. The molecule has 104 valence electrons. The minimum atomic E-state index is -0.0832. The molecule has 0 spiro atoms. The van der Waals surface area contributed by atoms with E-state index in [0.717, 1.165) is 28.7 Å². The van der Waals surface area contributed by atoms with Crippen LogP contribution in [0, 0.1) is 0 Å². The Bertz CT molecular complexity index is 579. The number of aromatic amines is 1. The minimum Gasteiger partial charge on any atom is -0.353 e. The van der Waals surface area contributed by atoms with Gasteiger partial charge in [-0.2, -0.15) is 0 Å². The summed E-state index contributed by atoms with van der Waals surface area (Å²) in [5.41, 5.74) is 0.984. The first-order valence-electron chi connectivity index (χ1n) is 6.44. The van der Waals surface area contributed by atoms with Gasteiger partial charge in [-0.1, -0.05) is 34.1 Å². The van der Waals surface area contributed by atoms with Gasteiger partial charge < -0.3 is 10.3 Å². The quantitative estimate of drug-likeness (QED) is 0.630. The predicted octanol–water partition coefficient (Wildman–Crippen LogP) is 2.93. The Labute approximate surface area is 126 Å². The molecule has 20 heavy (non-hydrogen) atoms. The molecule has 0 aliphatic heterocycles. The SMILES string of the molecule is O=C(/C=C/c1ccccc1Br)NCCCc1ncc[nH]1. The van der Waals surface area contributed by atoms with E-state index in [0.29, 0.717) is 6.54 Å². The molecule has 0 unspecified atom stereocenters. The summed E-state index contributed by atoms with van der Waals surface area (Å²) in [4.78, 5) is 18.8. The number of hydrogen-bond donors (Lipinski definition) is 2. The molecule has 0 bridgehead atoms. The van der Waals surface area contributed by atoms with Gasteiger partial charge in [-0.15, -0.1) is 0 Å². The Hall–Kier alpha value is -1.88. The molecular formula is C15H16BrN3O. The van der Waals surface area contributed by atoms with E-state index >= 15 is 0 Å². The van der Waals surface area contributed by atoms with Gasteiger partial charge in [0.25, 0.3) is 0 Å². The highest BCUT2D eigenvalue weighted by atomic mass is 79.9. The Balaban J connectivity index is 1.71. The van der Waals surface area contributed by atoms with Crippen LogP contribution in [0.3, 0.4) is 0 Å². The highest BCUT2D eigenvalue weighted by Crippen LogP contribution is 2.16. The number of amides is 1. The van der Waals surface area contributed by atoms with Crippen molar-refractivity contribution in [3.05, 3.63) is 58.6 Å². The van der Waals surface area contributed by atoms with Crippen LogP contribution < -0.4 is 5.32 Å². The number of rotatable bonds is 6. The third-order valence-corrected chi connectivity index (χ3v) is 3.49. The van der Waals surface area contributed by atoms with Gasteiger partial charge in [-0.05, 0) is 24.1 Å². The number of carbonyl (C=O) groups is 1. The van der Waals surface area contributed by atoms with Crippen molar-refractivity contribution in [2.24, 2.45) is 0 Å². The largest absolute Gasteiger partial charge is 0.353 e. The highest BCUT2D eigenvalue weighted by molar-refractivity contribution is 9.10. The number of aromatic nitrogens is 2. The molecular weight excluding hydrogens is 318 g/mol. The van der Waals surface area contributed by atoms with Gasteiger partial charge in [0.1, 0.15) is 5.82 Å². The van der Waals surface area contributed by atoms with Gasteiger partial charge in [0, 0.05) is 35.9 Å². The lowest BCUT2D eigenvalue weighted by atomic mass is 10.2. The molecule has 0 fully saturated rings. The van der Waals surface area contributed by atoms with Crippen LogP contribution in [0.4, 0.5) is 0 Å². The summed E-state index contributed by atoms with van der Waals surface area (Å²) in [5, 5.41) is 2.85. The molecule has 0 aliphatic rings. The fraction of sp³-hybridized carbons (Fsp3) is 0.200. The molecule has 1 aromatic carbocycles. The maximum absolute atomic E-state index is 11.7. The van der Waals surface area contributed by atoms with Crippen molar-refractivity contribution in [3.63, 3.8) is 0 Å². The van der Waals surface area contributed by atoms with E-state index in [4.69, 9.17) is 0 Å². The van der Waals surface area contributed by atoms with Gasteiger partial charge in [-0.25, -0.2) is 4.98 Å². The Morgan fingerprint density at radius 3 is 3.00 bits per heavy atom. The van der Waals surface area contributed by atoms with Gasteiger partial charge in [0.05, 0.1) is 0 Å². The van der Waals surface area contributed by atoms with Crippen LogP contribution in [0.1, 0.15) is 17.8 Å². The number of H-pyrrole nitrogens is 1. The molecule has 0 saturated carbocycles. The second-order valence-electron chi connectivity index (χ2n) is 4.29. The molecule has 1 heterocycles. The van der Waals surface area contributed by atoms with Gasteiger partial charge in [0.2, 0.25) is 5.91 Å². The molecule has 2 N–H and O–H groups in total. The summed E-state index contributed by atoms with van der Waals surface area (Å²) >= 11 is 3.44. The third-order valence-electron chi connectivity index (χ3n) is 2.76. The molecule has 2 aromatic rings. The van der Waals surface area contributed by atoms with Crippen LogP contribution in [0.25, 0.3) is 6.08 Å². The normalized spacial score (nSPS) is 10.8. The van der Waals surface area contributed by atoms with Crippen molar-refractivity contribution in [1.82, 2.24) is 15.3 Å². The fourth-order valence-corrected chi connectivity index (χ4v) is 2.15. The molecule has 2 rings (SSSR count). The number of imidazole rings is 1. The first-order chi connectivity index (χ1) is 9.75. The Morgan fingerprint density at radius 1 is 1.40 bits per heavy atom. The van der Waals surface area contributed by atoms with Gasteiger partial charge >= 0.3 is 0 Å². The summed E-state index contributed by atoms with van der Waals surface area (Å²) in [6.07, 6.45) is 8.57. The smallest absolute Gasteiger partial charge is 0.243 e. The van der Waals surface area contributed by atoms with Crippen molar-refractivity contribution in [3.8, 4) is 0 Å². The highest BCUT2D eigenvalue weighted by Gasteiger charge is 1.98. The first kappa shape index (κ1) is 14.5. The second kappa shape index (κ2) is 7.65. The minimum absolute atomic E-state index is 0.0832. The predicted molar refractivity (Wildman–Crippen MR) is 83.1 cm³/mol. The molecule has 5 heteroatoms. The van der Waals surface area contributed by atoms with Crippen molar-refractivity contribution >= 4 is 27.9 Å². The number of hydrogen-bond acceptors (Lipinski definition) is 2. The second-order valence-corrected chi connectivity index (χ2v) is 5.14. The molecule has 0 atom stereocenters. The van der Waals surface area contributed by atoms with Gasteiger partial charge in [0.15, 0.2) is 0 Å². The topological polar surface area (TPSA) is 57.8 Å². The summed E-state index contributed by atoms with van der Waals surface area (Å²) in [7, 11) is 0. The van der Waals surface area contributed by atoms with Crippen LogP contribution in [-0.4, -0.2) is 22.4 Å². The van der Waals surface area contributed by atoms with E-state index in [1.807, 2.05) is 24.3 Å². The monoisotopic (exact) mass is 333 g/mol. The van der Waals surface area contributed by atoms with Crippen molar-refractivity contribution in [2.45, 2.75) is 12.8 Å². The molecule has 1 amide bonds. The Kier molecular flexibility index (Phi) is 5.55. The molecule has 4 nitrogen and oxygen atoms in total. The van der Waals surface area contributed by atoms with Crippen LogP contribution in [-0.2, 0) is 11.2 Å². The lowest BCUT2D eigenvalue weighted by Crippen LogP contribution is -2.22. The van der Waals surface area contributed by atoms with Crippen LogP contribution in [0.2, 0.25) is 0 Å². The summed E-state index contributed by atoms with van der Waals surface area (Å²) < 4.78 is 0.974. The molecule has 0 radical (unpaired) electrons. The van der Waals surface area contributed by atoms with Crippen LogP contribution >= 0.6 is 15.9 Å². The maximum Gasteiger partial charge on any atom is 0.243 e. The van der Waals surface area contributed by atoms with E-state index in [-0.39, 0.29) is 5.91 Å². The van der Waals surface area contributed by atoms with Crippen molar-refractivity contribution in [2.75, 3.05) is 6.54 Å². The molecule has 1 aromatic heterocycles. The van der Waals surface area contributed by atoms with Gasteiger partial charge in [-0.3, -0.25) is 4.79 Å². The lowest BCUT2D eigenvalue weighted by Gasteiger charge is -2.01. The molecule has 0 aliphatic carbocycles. The molecule has 0 saturated heterocycles. The number of aryl methyl sites for hydroxylation is 1. The van der Waals surface area contributed by atoms with Crippen LogP contribution in [0.15, 0.2) is 47.2 Å². The number of carbonyl (C=O) groups excluding carboxylic acids is 1. The van der Waals surface area contributed by atoms with Crippen LogP contribution in [0.5, 0.6) is 0 Å². The average molecular weight is 334 g/mol. The number of nitrogens with one attached hydrogen (secondary N) is 2. The Morgan fingerprint density at radius 2 is 2.25 bits per heavy atom. The summed E-state index contributed by atoms with van der Waals surface area (Å²) in [6, 6.07) is 7.77. The number of benzene rings is 1. The maximum atomic E-state index is 11.7. The first-order valence-corrected chi connectivity index (χ1v) is 7.24. The van der Waals surface area contributed by atoms with E-state index in [1.165, 1.54) is 0 Å². The number of halogens is 1. The number of nitrogens with zero attached hydrogens (tertiary/aromatic N) is 1. The van der Waals surface area contributed by atoms with E-state index < -0.39 is 0 Å². The zero-order valence-corrected chi connectivity index (χ0v) is 12.6. The van der Waals surface area contributed by atoms with E-state index in [9.17, 15) is 4.79 Å². The average Bonchev–Trinajstić information content (AvgIpc) is 2.96. The zero-order chi connectivity index (χ0) is 14.2. The fourth-order valence-electron chi connectivity index (χ4n) is 1.74. The van der Waals surface area contributed by atoms with E-state index in [2.05, 4.69) is 31.2 Å². The summed E-state index contributed by atoms with van der Waals surface area (Å²) in [6.45, 7) is 0.639. The van der Waals surface area contributed by atoms with E-state index in [1.54, 1.807) is 24.5 Å². The standard InChI is InChI=1S/C15H16BrN3O/c16-13-5-2-1-4-12(13)7-8-15(20)19-9-3-6-14-17-10-11-18-14/h1-2,4-5,7-8,10-11H,3,6,9H2,(H,17,18)(H,19,20)/b8-7+. The zero-order valence-electron chi connectivity index (χ0n) is 11.0.